The maximum absolute atomic E-state index is 13.1. The molecule has 2 amide bonds. The van der Waals surface area contributed by atoms with Crippen molar-refractivity contribution >= 4 is 11.8 Å². The van der Waals surface area contributed by atoms with Crippen molar-refractivity contribution in [2.45, 2.75) is 58.3 Å². The topological polar surface area (TPSA) is 99.4 Å². The largest absolute Gasteiger partial charge is 0.392 e. The average molecular weight is 435 g/mol. The van der Waals surface area contributed by atoms with Gasteiger partial charge in [-0.2, -0.15) is 5.10 Å². The number of aliphatic hydroxyl groups is 2. The molecule has 0 spiro atoms. The smallest absolute Gasteiger partial charge is 0.320 e. The first-order valence-corrected chi connectivity index (χ1v) is 10.8. The molecular weight excluding hydrogens is 404 g/mol. The number of benzene rings is 2. The Morgan fingerprint density at radius 3 is 2.59 bits per heavy atom. The summed E-state index contributed by atoms with van der Waals surface area (Å²) in [5.41, 5.74) is 4.94. The Morgan fingerprint density at radius 2 is 1.91 bits per heavy atom. The lowest BCUT2D eigenvalue weighted by molar-refractivity contribution is 0.0881. The minimum Gasteiger partial charge on any atom is -0.392 e. The fourth-order valence-electron chi connectivity index (χ4n) is 4.51. The average Bonchev–Trinajstić information content (AvgIpc) is 3.05. The number of urea groups is 1. The van der Waals surface area contributed by atoms with Gasteiger partial charge < -0.3 is 15.5 Å². The number of hydrogen-bond acceptors (Lipinski definition) is 4. The molecule has 7 nitrogen and oxygen atoms in total. The van der Waals surface area contributed by atoms with Gasteiger partial charge in [0.2, 0.25) is 0 Å². The standard InChI is InChI=1S/C25H30N4O3/c1-15-16(2)28-29(18-8-6-5-7-9-18)23(15)27-24(32)26-22-19-12-17(14-30)10-11-20(19)25(3,4)13-21(22)31/h5-12,21-22,30-31H,13-14H2,1-4H3,(H2,26,27,32). The zero-order valence-electron chi connectivity index (χ0n) is 18.9. The summed E-state index contributed by atoms with van der Waals surface area (Å²) >= 11 is 0. The molecule has 0 saturated heterocycles. The zero-order chi connectivity index (χ0) is 23.0. The van der Waals surface area contributed by atoms with Crippen molar-refractivity contribution in [3.05, 3.63) is 76.5 Å². The van der Waals surface area contributed by atoms with Crippen LogP contribution in [0.1, 0.15) is 54.3 Å². The van der Waals surface area contributed by atoms with Gasteiger partial charge in [-0.05, 0) is 54.5 Å². The molecule has 0 saturated carbocycles. The lowest BCUT2D eigenvalue weighted by Crippen LogP contribution is -2.45. The quantitative estimate of drug-likeness (QED) is 0.501. The van der Waals surface area contributed by atoms with E-state index < -0.39 is 18.2 Å². The molecule has 2 aromatic carbocycles. The van der Waals surface area contributed by atoms with Crippen LogP contribution in [-0.4, -0.2) is 32.1 Å². The molecule has 4 rings (SSSR count). The number of rotatable bonds is 4. The van der Waals surface area contributed by atoms with E-state index >= 15 is 0 Å². The second-order valence-electron chi connectivity index (χ2n) is 9.12. The predicted molar refractivity (Wildman–Crippen MR) is 124 cm³/mol. The number of hydrogen-bond donors (Lipinski definition) is 4. The van der Waals surface area contributed by atoms with Crippen LogP contribution in [0.25, 0.3) is 5.69 Å². The molecule has 2 atom stereocenters. The van der Waals surface area contributed by atoms with E-state index in [0.717, 1.165) is 33.6 Å². The summed E-state index contributed by atoms with van der Waals surface area (Å²) in [6, 6.07) is 14.3. The van der Waals surface area contributed by atoms with Gasteiger partial charge in [0.25, 0.3) is 0 Å². The van der Waals surface area contributed by atoms with Gasteiger partial charge >= 0.3 is 6.03 Å². The molecule has 1 heterocycles. The molecule has 0 bridgehead atoms. The van der Waals surface area contributed by atoms with Crippen molar-refractivity contribution in [3.63, 3.8) is 0 Å². The number of carbonyl (C=O) groups is 1. The summed E-state index contributed by atoms with van der Waals surface area (Å²) in [5.74, 6) is 0.584. The summed E-state index contributed by atoms with van der Waals surface area (Å²) in [4.78, 5) is 13.1. The third kappa shape index (κ3) is 4.01. The van der Waals surface area contributed by atoms with E-state index in [1.54, 1.807) is 4.68 Å². The van der Waals surface area contributed by atoms with E-state index in [-0.39, 0.29) is 12.0 Å². The number of fused-ring (bicyclic) bond motifs is 1. The minimum absolute atomic E-state index is 0.0997. The molecule has 1 aromatic heterocycles. The van der Waals surface area contributed by atoms with Crippen molar-refractivity contribution < 1.29 is 15.0 Å². The summed E-state index contributed by atoms with van der Waals surface area (Å²) in [6.45, 7) is 7.87. The van der Waals surface area contributed by atoms with E-state index in [1.807, 2.05) is 62.4 Å². The lowest BCUT2D eigenvalue weighted by Gasteiger charge is -2.40. The lowest BCUT2D eigenvalue weighted by atomic mass is 9.69. The van der Waals surface area contributed by atoms with Gasteiger partial charge in [-0.3, -0.25) is 5.32 Å². The van der Waals surface area contributed by atoms with Gasteiger partial charge in [-0.15, -0.1) is 0 Å². The minimum atomic E-state index is -0.751. The van der Waals surface area contributed by atoms with Crippen LogP contribution < -0.4 is 10.6 Å². The Bertz CT molecular complexity index is 1140. The third-order valence-corrected chi connectivity index (χ3v) is 6.35. The van der Waals surface area contributed by atoms with Crippen LogP contribution in [0.15, 0.2) is 48.5 Å². The van der Waals surface area contributed by atoms with Gasteiger partial charge in [-0.25, -0.2) is 9.48 Å². The Kier molecular flexibility index (Phi) is 5.79. The van der Waals surface area contributed by atoms with E-state index in [9.17, 15) is 15.0 Å². The highest BCUT2D eigenvalue weighted by Gasteiger charge is 2.39. The van der Waals surface area contributed by atoms with Gasteiger partial charge in [-0.1, -0.05) is 50.2 Å². The molecule has 0 fully saturated rings. The molecular formula is C25H30N4O3. The van der Waals surface area contributed by atoms with E-state index in [2.05, 4.69) is 29.6 Å². The SMILES string of the molecule is Cc1nn(-c2ccccc2)c(NC(=O)NC2c3cc(CO)ccc3C(C)(C)CC2O)c1C. The Hall–Kier alpha value is -3.16. The number of nitrogens with one attached hydrogen (secondary N) is 2. The van der Waals surface area contributed by atoms with Crippen LogP contribution in [0.5, 0.6) is 0 Å². The number of anilines is 1. The van der Waals surface area contributed by atoms with E-state index in [1.165, 1.54) is 0 Å². The van der Waals surface area contributed by atoms with E-state index in [0.29, 0.717) is 12.2 Å². The van der Waals surface area contributed by atoms with Crippen LogP contribution in [0, 0.1) is 13.8 Å². The number of aryl methyl sites for hydroxylation is 1. The highest BCUT2D eigenvalue weighted by Crippen LogP contribution is 2.42. The fourth-order valence-corrected chi connectivity index (χ4v) is 4.51. The molecule has 7 heteroatoms. The number of aliphatic hydroxyl groups excluding tert-OH is 2. The number of aromatic nitrogens is 2. The molecule has 1 aliphatic rings. The first-order chi connectivity index (χ1) is 15.2. The molecule has 1 aliphatic carbocycles. The van der Waals surface area contributed by atoms with Gasteiger partial charge in [0.1, 0.15) is 5.82 Å². The predicted octanol–water partition coefficient (Wildman–Crippen LogP) is 3.89. The van der Waals surface area contributed by atoms with Crippen LogP contribution in [0.3, 0.4) is 0 Å². The molecule has 4 N–H and O–H groups in total. The second kappa shape index (κ2) is 8.41. The Balaban J connectivity index is 1.63. The maximum Gasteiger partial charge on any atom is 0.320 e. The highest BCUT2D eigenvalue weighted by atomic mass is 16.3. The van der Waals surface area contributed by atoms with Crippen molar-refractivity contribution in [3.8, 4) is 5.69 Å². The number of nitrogens with zero attached hydrogens (tertiary/aromatic N) is 2. The second-order valence-corrected chi connectivity index (χ2v) is 9.12. The summed E-state index contributed by atoms with van der Waals surface area (Å²) in [5, 5.41) is 31.0. The van der Waals surface area contributed by atoms with Crippen LogP contribution in [0.4, 0.5) is 10.6 Å². The molecule has 3 aromatic rings. The number of amides is 2. The van der Waals surface area contributed by atoms with Crippen LogP contribution in [0.2, 0.25) is 0 Å². The first-order valence-electron chi connectivity index (χ1n) is 10.8. The molecule has 0 radical (unpaired) electrons. The Labute approximate surface area is 188 Å². The molecule has 0 aliphatic heterocycles. The van der Waals surface area contributed by atoms with Crippen molar-refractivity contribution in [2.75, 3.05) is 5.32 Å². The fraction of sp³-hybridized carbons (Fsp3) is 0.360. The Morgan fingerprint density at radius 1 is 1.19 bits per heavy atom. The van der Waals surface area contributed by atoms with Crippen molar-refractivity contribution in [1.29, 1.82) is 0 Å². The van der Waals surface area contributed by atoms with Gasteiger partial charge in [0.15, 0.2) is 0 Å². The van der Waals surface area contributed by atoms with Crippen LogP contribution in [-0.2, 0) is 12.0 Å². The van der Waals surface area contributed by atoms with Crippen LogP contribution >= 0.6 is 0 Å². The van der Waals surface area contributed by atoms with Crippen molar-refractivity contribution in [1.82, 2.24) is 15.1 Å². The first kappa shape index (κ1) is 22.0. The highest BCUT2D eigenvalue weighted by molar-refractivity contribution is 5.90. The molecule has 2 unspecified atom stereocenters. The molecule has 168 valence electrons. The summed E-state index contributed by atoms with van der Waals surface area (Å²) in [7, 11) is 0. The number of para-hydroxylation sites is 1. The molecule has 32 heavy (non-hydrogen) atoms. The number of carbonyl (C=O) groups excluding carboxylic acids is 1. The normalized spacial score (nSPS) is 19.3. The summed E-state index contributed by atoms with van der Waals surface area (Å²) < 4.78 is 1.71. The third-order valence-electron chi connectivity index (χ3n) is 6.35. The summed E-state index contributed by atoms with van der Waals surface area (Å²) in [6.07, 6.45) is -0.234. The van der Waals surface area contributed by atoms with Crippen molar-refractivity contribution in [2.24, 2.45) is 0 Å². The maximum atomic E-state index is 13.1. The zero-order valence-corrected chi connectivity index (χ0v) is 18.9. The van der Waals surface area contributed by atoms with E-state index in [4.69, 9.17) is 0 Å². The van der Waals surface area contributed by atoms with Gasteiger partial charge in [0, 0.05) is 5.56 Å². The monoisotopic (exact) mass is 434 g/mol. The van der Waals surface area contributed by atoms with Gasteiger partial charge in [0.05, 0.1) is 30.1 Å².